The molecule has 2 N–H and O–H groups in total. The van der Waals surface area contributed by atoms with Crippen molar-refractivity contribution in [3.63, 3.8) is 0 Å². The molecule has 7 heteroatoms. The van der Waals surface area contributed by atoms with E-state index in [9.17, 15) is 9.59 Å². The maximum Gasteiger partial charge on any atom is 0.410 e. The number of rotatable bonds is 2. The molecule has 2 fully saturated rings. The van der Waals surface area contributed by atoms with E-state index in [2.05, 4.69) is 0 Å². The van der Waals surface area contributed by atoms with Gasteiger partial charge in [0.25, 0.3) is 5.91 Å². The number of carbonyl (C=O) groups excluding carboxylic acids is 2. The molecule has 1 aromatic rings. The number of piperidine rings is 1. The number of nitrogen functional groups attached to an aromatic ring is 1. The highest BCUT2D eigenvalue weighted by atomic mass is 16.6. The normalized spacial score (nSPS) is 18.8. The first-order valence-electron chi connectivity index (χ1n) is 9.98. The highest BCUT2D eigenvalue weighted by Crippen LogP contribution is 2.31. The molecule has 7 nitrogen and oxygen atoms in total. The Hall–Kier alpha value is -2.28. The molecule has 0 aromatic heterocycles. The van der Waals surface area contributed by atoms with Gasteiger partial charge < -0.3 is 25.0 Å². The van der Waals surface area contributed by atoms with Crippen molar-refractivity contribution in [2.24, 2.45) is 0 Å². The van der Waals surface area contributed by atoms with Crippen LogP contribution in [0.2, 0.25) is 0 Å². The van der Waals surface area contributed by atoms with Crippen LogP contribution < -0.4 is 5.73 Å². The second-order valence-corrected chi connectivity index (χ2v) is 8.53. The average Bonchev–Trinajstić information content (AvgIpc) is 2.66. The van der Waals surface area contributed by atoms with Gasteiger partial charge >= 0.3 is 6.09 Å². The summed E-state index contributed by atoms with van der Waals surface area (Å²) in [6.45, 7) is 9.26. The lowest BCUT2D eigenvalue weighted by atomic mass is 9.88. The van der Waals surface area contributed by atoms with Crippen molar-refractivity contribution in [3.05, 3.63) is 29.3 Å². The summed E-state index contributed by atoms with van der Waals surface area (Å²) in [6.07, 6.45) is 1.39. The van der Waals surface area contributed by atoms with E-state index in [0.717, 1.165) is 18.4 Å². The summed E-state index contributed by atoms with van der Waals surface area (Å²) in [6, 6.07) is 5.66. The highest BCUT2D eigenvalue weighted by Gasteiger charge is 2.28. The Morgan fingerprint density at radius 1 is 1.04 bits per heavy atom. The largest absolute Gasteiger partial charge is 0.444 e. The first-order valence-corrected chi connectivity index (χ1v) is 9.98. The molecule has 0 atom stereocenters. The van der Waals surface area contributed by atoms with Crippen molar-refractivity contribution in [1.82, 2.24) is 9.80 Å². The summed E-state index contributed by atoms with van der Waals surface area (Å²) < 4.78 is 10.8. The molecule has 2 aliphatic rings. The van der Waals surface area contributed by atoms with E-state index in [1.807, 2.05) is 37.8 Å². The number of benzene rings is 1. The van der Waals surface area contributed by atoms with Crippen molar-refractivity contribution in [2.75, 3.05) is 45.1 Å². The number of likely N-dealkylation sites (tertiary alicyclic amines) is 1. The number of ether oxygens (including phenoxy) is 2. The molecule has 2 aliphatic heterocycles. The zero-order valence-corrected chi connectivity index (χ0v) is 17.1. The molecule has 2 heterocycles. The summed E-state index contributed by atoms with van der Waals surface area (Å²) in [4.78, 5) is 28.6. The predicted molar refractivity (Wildman–Crippen MR) is 107 cm³/mol. The van der Waals surface area contributed by atoms with Gasteiger partial charge in [-0.05, 0) is 63.3 Å². The van der Waals surface area contributed by atoms with Crippen molar-refractivity contribution in [2.45, 2.75) is 45.1 Å². The molecule has 0 aliphatic carbocycles. The van der Waals surface area contributed by atoms with Crippen LogP contribution in [0.4, 0.5) is 10.5 Å². The second-order valence-electron chi connectivity index (χ2n) is 8.53. The lowest BCUT2D eigenvalue weighted by molar-refractivity contribution is 0.0205. The van der Waals surface area contributed by atoms with Crippen LogP contribution in [-0.4, -0.2) is 66.8 Å². The van der Waals surface area contributed by atoms with E-state index in [0.29, 0.717) is 50.6 Å². The smallest absolute Gasteiger partial charge is 0.410 e. The van der Waals surface area contributed by atoms with Gasteiger partial charge in [-0.25, -0.2) is 4.79 Å². The molecule has 28 heavy (non-hydrogen) atoms. The summed E-state index contributed by atoms with van der Waals surface area (Å²) in [7, 11) is 0. The van der Waals surface area contributed by atoms with Crippen LogP contribution in [0.25, 0.3) is 0 Å². The topological polar surface area (TPSA) is 85.1 Å². The number of carbonyl (C=O) groups is 2. The lowest BCUT2D eigenvalue weighted by Gasteiger charge is -2.34. The number of nitrogens with two attached hydrogens (primary N) is 1. The molecule has 154 valence electrons. The Bertz CT molecular complexity index is 715. The van der Waals surface area contributed by atoms with Gasteiger partial charge in [0.2, 0.25) is 0 Å². The zero-order valence-electron chi connectivity index (χ0n) is 17.1. The van der Waals surface area contributed by atoms with Gasteiger partial charge in [0.15, 0.2) is 0 Å². The minimum absolute atomic E-state index is 0.00282. The summed E-state index contributed by atoms with van der Waals surface area (Å²) in [5.41, 5.74) is 7.91. The fraction of sp³-hybridized carbons (Fsp3) is 0.619. The molecule has 0 saturated carbocycles. The van der Waals surface area contributed by atoms with E-state index in [4.69, 9.17) is 15.2 Å². The van der Waals surface area contributed by atoms with Gasteiger partial charge in [0.05, 0.1) is 13.2 Å². The maximum atomic E-state index is 12.8. The Balaban J connectivity index is 1.65. The van der Waals surface area contributed by atoms with Crippen LogP contribution in [0.5, 0.6) is 0 Å². The van der Waals surface area contributed by atoms with Crippen LogP contribution in [0.15, 0.2) is 18.2 Å². The lowest BCUT2D eigenvalue weighted by Crippen LogP contribution is -2.41. The standard InChI is InChI=1S/C21H31N3O4/c1-21(2,3)28-20(26)24-6-4-15(5-7-24)16-12-17(14-18(22)13-16)19(25)23-8-10-27-11-9-23/h12-15H,4-11,22H2,1-3H3. The van der Waals surface area contributed by atoms with Gasteiger partial charge in [0, 0.05) is 37.4 Å². The minimum atomic E-state index is -0.490. The molecule has 0 spiro atoms. The molecular formula is C21H31N3O4. The average molecular weight is 389 g/mol. The number of nitrogens with zero attached hydrogens (tertiary/aromatic N) is 2. The summed E-state index contributed by atoms with van der Waals surface area (Å²) in [5.74, 6) is 0.279. The first kappa shape index (κ1) is 20.5. The summed E-state index contributed by atoms with van der Waals surface area (Å²) >= 11 is 0. The van der Waals surface area contributed by atoms with E-state index in [1.165, 1.54) is 0 Å². The van der Waals surface area contributed by atoms with Gasteiger partial charge in [-0.15, -0.1) is 0 Å². The van der Waals surface area contributed by atoms with Gasteiger partial charge in [-0.2, -0.15) is 0 Å². The highest BCUT2D eigenvalue weighted by molar-refractivity contribution is 5.95. The maximum absolute atomic E-state index is 12.8. The van der Waals surface area contributed by atoms with Crippen molar-refractivity contribution in [1.29, 1.82) is 0 Å². The van der Waals surface area contributed by atoms with Crippen LogP contribution in [0.1, 0.15) is 55.5 Å². The molecule has 3 rings (SSSR count). The zero-order chi connectivity index (χ0) is 20.3. The van der Waals surface area contributed by atoms with Crippen molar-refractivity contribution in [3.8, 4) is 0 Å². The second kappa shape index (κ2) is 8.39. The fourth-order valence-electron chi connectivity index (χ4n) is 3.71. The molecule has 0 radical (unpaired) electrons. The van der Waals surface area contributed by atoms with Crippen LogP contribution in [0.3, 0.4) is 0 Å². The van der Waals surface area contributed by atoms with Gasteiger partial charge in [-0.3, -0.25) is 4.79 Å². The number of hydrogen-bond acceptors (Lipinski definition) is 5. The number of anilines is 1. The molecule has 1 aromatic carbocycles. The Morgan fingerprint density at radius 3 is 2.29 bits per heavy atom. The van der Waals surface area contributed by atoms with E-state index >= 15 is 0 Å². The molecular weight excluding hydrogens is 358 g/mol. The Kier molecular flexibility index (Phi) is 6.13. The van der Waals surface area contributed by atoms with Crippen molar-refractivity contribution < 1.29 is 19.1 Å². The number of hydrogen-bond donors (Lipinski definition) is 1. The predicted octanol–water partition coefficient (Wildman–Crippen LogP) is 2.86. The van der Waals surface area contributed by atoms with Crippen LogP contribution in [-0.2, 0) is 9.47 Å². The monoisotopic (exact) mass is 389 g/mol. The van der Waals surface area contributed by atoms with Crippen LogP contribution in [0, 0.1) is 0 Å². The van der Waals surface area contributed by atoms with E-state index in [-0.39, 0.29) is 17.9 Å². The molecule has 0 unspecified atom stereocenters. The fourth-order valence-corrected chi connectivity index (χ4v) is 3.71. The van der Waals surface area contributed by atoms with E-state index in [1.54, 1.807) is 11.0 Å². The van der Waals surface area contributed by atoms with E-state index < -0.39 is 5.60 Å². The molecule has 0 bridgehead atoms. The summed E-state index contributed by atoms with van der Waals surface area (Å²) in [5, 5.41) is 0. The minimum Gasteiger partial charge on any atom is -0.444 e. The third-order valence-electron chi connectivity index (χ3n) is 5.14. The van der Waals surface area contributed by atoms with Gasteiger partial charge in [-0.1, -0.05) is 0 Å². The van der Waals surface area contributed by atoms with Crippen LogP contribution >= 0.6 is 0 Å². The van der Waals surface area contributed by atoms with Crippen molar-refractivity contribution >= 4 is 17.7 Å². The van der Waals surface area contributed by atoms with Gasteiger partial charge in [0.1, 0.15) is 5.60 Å². The first-order chi connectivity index (χ1) is 13.2. The number of amides is 2. The Labute approximate surface area is 166 Å². The third kappa shape index (κ3) is 5.16. The quantitative estimate of drug-likeness (QED) is 0.786. The molecule has 2 amide bonds. The molecule has 2 saturated heterocycles. The number of morpholine rings is 1. The SMILES string of the molecule is CC(C)(C)OC(=O)N1CCC(c2cc(N)cc(C(=O)N3CCOCC3)c2)CC1. The third-order valence-corrected chi connectivity index (χ3v) is 5.14. The Morgan fingerprint density at radius 2 is 1.68 bits per heavy atom.